The Bertz CT molecular complexity index is 595. The standard InChI is InChI=1S/C21H33NO4/c1-14(2)12-25-20(23)17(7)18-10-8-9-11-19(18)22(16(5)6)21(24)26-13-15(3)4/h8-11,14-17H,12-13H2,1-7H3. The largest absolute Gasteiger partial charge is 0.465 e. The molecular weight excluding hydrogens is 330 g/mol. The molecule has 0 radical (unpaired) electrons. The van der Waals surface area contributed by atoms with Gasteiger partial charge in [0.25, 0.3) is 0 Å². The first-order valence-electron chi connectivity index (χ1n) is 9.36. The van der Waals surface area contributed by atoms with Gasteiger partial charge >= 0.3 is 12.1 Å². The van der Waals surface area contributed by atoms with Gasteiger partial charge in [0.2, 0.25) is 0 Å². The molecule has 5 nitrogen and oxygen atoms in total. The number of hydrogen-bond donors (Lipinski definition) is 0. The molecule has 0 saturated heterocycles. The fourth-order valence-corrected chi connectivity index (χ4v) is 2.47. The van der Waals surface area contributed by atoms with Gasteiger partial charge in [0.15, 0.2) is 0 Å². The van der Waals surface area contributed by atoms with Gasteiger partial charge in [-0.2, -0.15) is 0 Å². The summed E-state index contributed by atoms with van der Waals surface area (Å²) in [7, 11) is 0. The summed E-state index contributed by atoms with van der Waals surface area (Å²) in [6.45, 7) is 14.4. The van der Waals surface area contributed by atoms with E-state index in [2.05, 4.69) is 0 Å². The monoisotopic (exact) mass is 363 g/mol. The van der Waals surface area contributed by atoms with Gasteiger partial charge in [-0.15, -0.1) is 0 Å². The summed E-state index contributed by atoms with van der Waals surface area (Å²) in [5.74, 6) is -0.220. The van der Waals surface area contributed by atoms with Crippen LogP contribution < -0.4 is 4.90 Å². The number of carbonyl (C=O) groups is 2. The first kappa shape index (κ1) is 22.0. The number of ether oxygens (including phenoxy) is 2. The molecule has 0 aliphatic heterocycles. The summed E-state index contributed by atoms with van der Waals surface area (Å²) in [5.41, 5.74) is 1.45. The van der Waals surface area contributed by atoms with E-state index < -0.39 is 12.0 Å². The van der Waals surface area contributed by atoms with Crippen molar-refractivity contribution in [1.82, 2.24) is 0 Å². The van der Waals surface area contributed by atoms with Gasteiger partial charge in [0, 0.05) is 6.04 Å². The summed E-state index contributed by atoms with van der Waals surface area (Å²) in [6.07, 6.45) is -0.399. The Hall–Kier alpha value is -2.04. The van der Waals surface area contributed by atoms with Crippen molar-refractivity contribution in [1.29, 1.82) is 0 Å². The fourth-order valence-electron chi connectivity index (χ4n) is 2.47. The highest BCUT2D eigenvalue weighted by molar-refractivity contribution is 5.91. The van der Waals surface area contributed by atoms with Gasteiger partial charge in [-0.25, -0.2) is 4.79 Å². The highest BCUT2D eigenvalue weighted by Gasteiger charge is 2.27. The minimum absolute atomic E-state index is 0.102. The maximum atomic E-state index is 12.6. The van der Waals surface area contributed by atoms with Crippen LogP contribution >= 0.6 is 0 Å². The third-order valence-electron chi connectivity index (χ3n) is 3.83. The lowest BCUT2D eigenvalue weighted by Gasteiger charge is -2.29. The molecule has 5 heteroatoms. The molecule has 0 fully saturated rings. The van der Waals surface area contributed by atoms with Crippen LogP contribution in [0, 0.1) is 11.8 Å². The Labute approximate surface area is 157 Å². The zero-order valence-electron chi connectivity index (χ0n) is 17.1. The number of esters is 1. The molecule has 1 aromatic rings. The fraction of sp³-hybridized carbons (Fsp3) is 0.619. The molecule has 146 valence electrons. The summed E-state index contributed by atoms with van der Waals surface area (Å²) < 4.78 is 10.8. The van der Waals surface area contributed by atoms with Crippen molar-refractivity contribution >= 4 is 17.7 Å². The lowest BCUT2D eigenvalue weighted by Crippen LogP contribution is -2.39. The molecule has 1 unspecified atom stereocenters. The molecule has 0 aromatic heterocycles. The molecule has 0 aliphatic rings. The first-order chi connectivity index (χ1) is 12.1. The first-order valence-corrected chi connectivity index (χ1v) is 9.36. The minimum Gasteiger partial charge on any atom is -0.465 e. The summed E-state index contributed by atoms with van der Waals surface area (Å²) in [4.78, 5) is 26.7. The van der Waals surface area contributed by atoms with Crippen LogP contribution in [0.4, 0.5) is 10.5 Å². The topological polar surface area (TPSA) is 55.8 Å². The summed E-state index contributed by atoms with van der Waals surface area (Å²) in [5, 5.41) is 0. The molecule has 0 saturated carbocycles. The van der Waals surface area contributed by atoms with Crippen molar-refractivity contribution in [3.63, 3.8) is 0 Å². The van der Waals surface area contributed by atoms with Gasteiger partial charge in [-0.3, -0.25) is 9.69 Å². The molecular formula is C21H33NO4. The second-order valence-electron chi connectivity index (χ2n) is 7.74. The Morgan fingerprint density at radius 1 is 0.885 bits per heavy atom. The SMILES string of the molecule is CC(C)COC(=O)C(C)c1ccccc1N(C(=O)OCC(C)C)C(C)C. The molecule has 0 heterocycles. The molecule has 0 bridgehead atoms. The number of anilines is 1. The summed E-state index contributed by atoms with van der Waals surface area (Å²) >= 11 is 0. The van der Waals surface area contributed by atoms with Gasteiger partial charge in [-0.1, -0.05) is 45.9 Å². The molecule has 1 amide bonds. The van der Waals surface area contributed by atoms with Crippen LogP contribution in [0.25, 0.3) is 0 Å². The molecule has 26 heavy (non-hydrogen) atoms. The quantitative estimate of drug-likeness (QED) is 0.610. The third kappa shape index (κ3) is 6.36. The molecule has 0 spiro atoms. The predicted octanol–water partition coefficient (Wildman–Crippen LogP) is 5.00. The van der Waals surface area contributed by atoms with Crippen molar-refractivity contribution in [2.24, 2.45) is 11.8 Å². The molecule has 1 aromatic carbocycles. The normalized spacial score (nSPS) is 12.4. The van der Waals surface area contributed by atoms with Crippen LogP contribution in [0.1, 0.15) is 59.9 Å². The molecule has 0 N–H and O–H groups in total. The van der Waals surface area contributed by atoms with Crippen molar-refractivity contribution in [2.45, 2.75) is 60.4 Å². The van der Waals surface area contributed by atoms with E-state index in [9.17, 15) is 9.59 Å². The Morgan fingerprint density at radius 2 is 1.42 bits per heavy atom. The van der Waals surface area contributed by atoms with Gasteiger partial charge in [0.05, 0.1) is 24.8 Å². The van der Waals surface area contributed by atoms with E-state index in [1.165, 1.54) is 0 Å². The van der Waals surface area contributed by atoms with Crippen molar-refractivity contribution < 1.29 is 19.1 Å². The van der Waals surface area contributed by atoms with Gasteiger partial charge < -0.3 is 9.47 Å². The van der Waals surface area contributed by atoms with E-state index in [-0.39, 0.29) is 23.8 Å². The molecule has 1 rings (SSSR count). The van der Waals surface area contributed by atoms with E-state index in [0.717, 1.165) is 5.56 Å². The number of nitrogens with zero attached hydrogens (tertiary/aromatic N) is 1. The van der Waals surface area contributed by atoms with E-state index in [1.54, 1.807) is 11.8 Å². The van der Waals surface area contributed by atoms with Crippen LogP contribution in [0.5, 0.6) is 0 Å². The van der Waals surface area contributed by atoms with Crippen LogP contribution in [0.15, 0.2) is 24.3 Å². The van der Waals surface area contributed by atoms with Crippen LogP contribution in [0.2, 0.25) is 0 Å². The second kappa shape index (κ2) is 10.2. The number of para-hydroxylation sites is 1. The van der Waals surface area contributed by atoms with Crippen LogP contribution in [0.3, 0.4) is 0 Å². The van der Waals surface area contributed by atoms with Crippen LogP contribution in [-0.2, 0) is 14.3 Å². The van der Waals surface area contributed by atoms with E-state index >= 15 is 0 Å². The van der Waals surface area contributed by atoms with Crippen molar-refractivity contribution in [3.8, 4) is 0 Å². The Kier molecular flexibility index (Phi) is 8.62. The smallest absolute Gasteiger partial charge is 0.414 e. The van der Waals surface area contributed by atoms with Crippen molar-refractivity contribution in [3.05, 3.63) is 29.8 Å². The number of hydrogen-bond acceptors (Lipinski definition) is 4. The Morgan fingerprint density at radius 3 is 1.96 bits per heavy atom. The van der Waals surface area contributed by atoms with Gasteiger partial charge in [0.1, 0.15) is 0 Å². The summed E-state index contributed by atoms with van der Waals surface area (Å²) in [6, 6.07) is 7.33. The lowest BCUT2D eigenvalue weighted by molar-refractivity contribution is -0.146. The highest BCUT2D eigenvalue weighted by atomic mass is 16.6. The maximum absolute atomic E-state index is 12.6. The van der Waals surface area contributed by atoms with Gasteiger partial charge in [-0.05, 0) is 44.2 Å². The Balaban J connectivity index is 3.10. The number of rotatable bonds is 8. The van der Waals surface area contributed by atoms with Crippen molar-refractivity contribution in [2.75, 3.05) is 18.1 Å². The average molecular weight is 363 g/mol. The molecule has 1 atom stereocenters. The van der Waals surface area contributed by atoms with E-state index in [0.29, 0.717) is 18.9 Å². The zero-order valence-corrected chi connectivity index (χ0v) is 17.1. The number of carbonyl (C=O) groups excluding carboxylic acids is 2. The predicted molar refractivity (Wildman–Crippen MR) is 104 cm³/mol. The minimum atomic E-state index is -0.468. The zero-order chi connectivity index (χ0) is 19.9. The second-order valence-corrected chi connectivity index (χ2v) is 7.74. The lowest BCUT2D eigenvalue weighted by atomic mass is 9.98. The van der Waals surface area contributed by atoms with Crippen LogP contribution in [-0.4, -0.2) is 31.3 Å². The maximum Gasteiger partial charge on any atom is 0.414 e. The molecule has 0 aliphatic carbocycles. The highest BCUT2D eigenvalue weighted by Crippen LogP contribution is 2.30. The average Bonchev–Trinajstić information content (AvgIpc) is 2.57. The van der Waals surface area contributed by atoms with E-state index in [4.69, 9.17) is 9.47 Å². The number of benzene rings is 1. The third-order valence-corrected chi connectivity index (χ3v) is 3.83. The van der Waals surface area contributed by atoms with E-state index in [1.807, 2.05) is 65.8 Å². The number of amides is 1.